The van der Waals surface area contributed by atoms with Gasteiger partial charge >= 0.3 is 0 Å². The molecule has 1 heterocycles. The fourth-order valence-corrected chi connectivity index (χ4v) is 1.10. The maximum atomic E-state index is 12.8. The van der Waals surface area contributed by atoms with Crippen molar-refractivity contribution in [2.75, 3.05) is 13.1 Å². The molecule has 4 heteroatoms. The van der Waals surface area contributed by atoms with E-state index in [1.54, 1.807) is 4.90 Å². The second kappa shape index (κ2) is 2.77. The lowest BCUT2D eigenvalue weighted by atomic mass is 10.4. The van der Waals surface area contributed by atoms with Gasteiger partial charge in [0.05, 0.1) is 0 Å². The van der Waals surface area contributed by atoms with Crippen molar-refractivity contribution < 1.29 is 4.39 Å². The molecule has 4 N–H and O–H groups in total. The molecule has 1 rings (SSSR count). The Kier molecular flexibility index (Phi) is 1.99. The molecule has 1 fully saturated rings. The zero-order chi connectivity index (χ0) is 7.56. The van der Waals surface area contributed by atoms with Crippen molar-refractivity contribution in [2.45, 2.75) is 12.8 Å². The maximum Gasteiger partial charge on any atom is 0.229 e. The van der Waals surface area contributed by atoms with E-state index in [0.29, 0.717) is 0 Å². The van der Waals surface area contributed by atoms with Crippen molar-refractivity contribution in [2.24, 2.45) is 11.5 Å². The van der Waals surface area contributed by atoms with E-state index in [4.69, 9.17) is 11.5 Å². The van der Waals surface area contributed by atoms with Gasteiger partial charge in [-0.25, -0.2) is 0 Å². The molecule has 3 nitrogen and oxygen atoms in total. The second-order valence-electron chi connectivity index (χ2n) is 2.44. The lowest BCUT2D eigenvalue weighted by molar-refractivity contribution is 0.315. The van der Waals surface area contributed by atoms with Gasteiger partial charge in [-0.15, -0.1) is 0 Å². The van der Waals surface area contributed by atoms with E-state index < -0.39 is 5.95 Å². The van der Waals surface area contributed by atoms with Crippen molar-refractivity contribution in [3.8, 4) is 0 Å². The lowest BCUT2D eigenvalue weighted by Gasteiger charge is -2.14. The third-order valence-electron chi connectivity index (χ3n) is 1.62. The molecule has 58 valence electrons. The smallest absolute Gasteiger partial charge is 0.229 e. The number of likely N-dealkylation sites (tertiary alicyclic amines) is 1. The molecule has 1 saturated heterocycles. The molecule has 0 saturated carbocycles. The van der Waals surface area contributed by atoms with Crippen LogP contribution in [0.4, 0.5) is 4.39 Å². The number of hydrogen-bond donors (Lipinski definition) is 2. The van der Waals surface area contributed by atoms with Gasteiger partial charge in [0.2, 0.25) is 5.95 Å². The molecule has 1 aliphatic rings. The van der Waals surface area contributed by atoms with Crippen LogP contribution in [0.15, 0.2) is 11.8 Å². The van der Waals surface area contributed by atoms with E-state index in [9.17, 15) is 4.39 Å². The minimum atomic E-state index is -0.461. The van der Waals surface area contributed by atoms with Gasteiger partial charge in [0.25, 0.3) is 0 Å². The average Bonchev–Trinajstić information content (AvgIpc) is 2.36. The van der Waals surface area contributed by atoms with Crippen LogP contribution in [-0.4, -0.2) is 18.0 Å². The highest BCUT2D eigenvalue weighted by Crippen LogP contribution is 2.15. The van der Waals surface area contributed by atoms with Crippen LogP contribution in [0.3, 0.4) is 0 Å². The van der Waals surface area contributed by atoms with Crippen LogP contribution in [0, 0.1) is 0 Å². The standard InChI is InChI=1S/C6H12FN3/c7-5(6(8)9)10-3-1-2-4-10/h1-4,8-9H2. The monoisotopic (exact) mass is 145 g/mol. The molecular weight excluding hydrogens is 133 g/mol. The number of nitrogens with zero attached hydrogens (tertiary/aromatic N) is 1. The summed E-state index contributed by atoms with van der Waals surface area (Å²) in [6, 6.07) is 0. The first-order chi connectivity index (χ1) is 4.72. The van der Waals surface area contributed by atoms with Gasteiger partial charge in [0, 0.05) is 13.1 Å². The molecule has 0 radical (unpaired) electrons. The van der Waals surface area contributed by atoms with Gasteiger partial charge in [-0.05, 0) is 12.8 Å². The summed E-state index contributed by atoms with van der Waals surface area (Å²) in [5, 5.41) is 0. The first-order valence-electron chi connectivity index (χ1n) is 3.37. The first kappa shape index (κ1) is 7.18. The Bertz CT molecular complexity index is 145. The number of rotatable bonds is 1. The Balaban J connectivity index is 2.56. The van der Waals surface area contributed by atoms with E-state index in [1.165, 1.54) is 0 Å². The fourth-order valence-electron chi connectivity index (χ4n) is 1.10. The zero-order valence-corrected chi connectivity index (χ0v) is 5.81. The van der Waals surface area contributed by atoms with Gasteiger partial charge in [-0.3, -0.25) is 0 Å². The average molecular weight is 145 g/mol. The SMILES string of the molecule is NC(N)=C(F)N1CCCC1. The van der Waals surface area contributed by atoms with Crippen molar-refractivity contribution in [1.29, 1.82) is 0 Å². The van der Waals surface area contributed by atoms with Crippen LogP contribution in [0.1, 0.15) is 12.8 Å². The number of halogens is 1. The van der Waals surface area contributed by atoms with Crippen molar-refractivity contribution in [3.63, 3.8) is 0 Å². The Morgan fingerprint density at radius 3 is 2.10 bits per heavy atom. The summed E-state index contributed by atoms with van der Waals surface area (Å²) in [4.78, 5) is 1.56. The summed E-state index contributed by atoms with van der Waals surface area (Å²) < 4.78 is 12.8. The Morgan fingerprint density at radius 2 is 1.70 bits per heavy atom. The third kappa shape index (κ3) is 1.32. The molecule has 0 aliphatic carbocycles. The van der Waals surface area contributed by atoms with Crippen LogP contribution in [0.25, 0.3) is 0 Å². The second-order valence-corrected chi connectivity index (χ2v) is 2.44. The minimum absolute atomic E-state index is 0.207. The summed E-state index contributed by atoms with van der Waals surface area (Å²) in [6.45, 7) is 1.48. The molecule has 0 unspecified atom stereocenters. The Morgan fingerprint density at radius 1 is 1.20 bits per heavy atom. The van der Waals surface area contributed by atoms with Crippen LogP contribution >= 0.6 is 0 Å². The zero-order valence-electron chi connectivity index (χ0n) is 5.81. The quantitative estimate of drug-likeness (QED) is 0.514. The van der Waals surface area contributed by atoms with E-state index >= 15 is 0 Å². The fraction of sp³-hybridized carbons (Fsp3) is 0.667. The summed E-state index contributed by atoms with van der Waals surface area (Å²) in [5.41, 5.74) is 10.1. The van der Waals surface area contributed by atoms with Crippen molar-refractivity contribution >= 4 is 0 Å². The lowest BCUT2D eigenvalue weighted by Crippen LogP contribution is -2.23. The molecule has 1 aliphatic heterocycles. The largest absolute Gasteiger partial charge is 0.382 e. The van der Waals surface area contributed by atoms with Crippen LogP contribution < -0.4 is 11.5 Å². The van der Waals surface area contributed by atoms with E-state index in [0.717, 1.165) is 25.9 Å². The van der Waals surface area contributed by atoms with Crippen molar-refractivity contribution in [1.82, 2.24) is 4.90 Å². The van der Waals surface area contributed by atoms with Crippen LogP contribution in [0.5, 0.6) is 0 Å². The summed E-state index contributed by atoms with van der Waals surface area (Å²) in [7, 11) is 0. The van der Waals surface area contributed by atoms with Crippen LogP contribution in [-0.2, 0) is 0 Å². The Hall–Kier alpha value is -0.930. The normalized spacial score (nSPS) is 17.5. The van der Waals surface area contributed by atoms with E-state index in [1.807, 2.05) is 0 Å². The highest BCUT2D eigenvalue weighted by Gasteiger charge is 2.15. The summed E-state index contributed by atoms with van der Waals surface area (Å²) >= 11 is 0. The molecule has 0 spiro atoms. The molecule has 0 aromatic rings. The molecule has 0 bridgehead atoms. The van der Waals surface area contributed by atoms with Crippen LogP contribution in [0.2, 0.25) is 0 Å². The van der Waals surface area contributed by atoms with E-state index in [-0.39, 0.29) is 5.82 Å². The van der Waals surface area contributed by atoms with Gasteiger partial charge in [-0.1, -0.05) is 0 Å². The number of hydrogen-bond acceptors (Lipinski definition) is 3. The molecule has 0 aromatic heterocycles. The topological polar surface area (TPSA) is 55.3 Å². The molecule has 0 aromatic carbocycles. The molecule has 0 amide bonds. The summed E-state index contributed by atoms with van der Waals surface area (Å²) in [5.74, 6) is -0.667. The highest BCUT2D eigenvalue weighted by atomic mass is 19.1. The molecule has 10 heavy (non-hydrogen) atoms. The molecular formula is C6H12FN3. The number of nitrogens with two attached hydrogens (primary N) is 2. The predicted molar refractivity (Wildman–Crippen MR) is 37.3 cm³/mol. The Labute approximate surface area is 59.5 Å². The van der Waals surface area contributed by atoms with E-state index in [2.05, 4.69) is 0 Å². The molecule has 0 atom stereocenters. The highest BCUT2D eigenvalue weighted by molar-refractivity contribution is 4.99. The van der Waals surface area contributed by atoms with Crippen molar-refractivity contribution in [3.05, 3.63) is 11.8 Å². The maximum absolute atomic E-state index is 12.8. The van der Waals surface area contributed by atoms with Gasteiger partial charge in [0.15, 0.2) is 0 Å². The van der Waals surface area contributed by atoms with Gasteiger partial charge in [0.1, 0.15) is 5.82 Å². The minimum Gasteiger partial charge on any atom is -0.382 e. The van der Waals surface area contributed by atoms with Gasteiger partial charge < -0.3 is 16.4 Å². The first-order valence-corrected chi connectivity index (χ1v) is 3.37. The predicted octanol–water partition coefficient (Wildman–Crippen LogP) is 0.0957. The third-order valence-corrected chi connectivity index (χ3v) is 1.62. The summed E-state index contributed by atoms with van der Waals surface area (Å²) in [6.07, 6.45) is 2.06. The van der Waals surface area contributed by atoms with Gasteiger partial charge in [-0.2, -0.15) is 4.39 Å².